The summed E-state index contributed by atoms with van der Waals surface area (Å²) in [7, 11) is 0. The van der Waals surface area contributed by atoms with E-state index < -0.39 is 5.97 Å². The van der Waals surface area contributed by atoms with Gasteiger partial charge in [0.05, 0.1) is 11.8 Å². The van der Waals surface area contributed by atoms with E-state index >= 15 is 0 Å². The van der Waals surface area contributed by atoms with Crippen molar-refractivity contribution in [1.82, 2.24) is 0 Å². The molecule has 0 amide bonds. The number of carbonyl (C=O) groups is 2. The van der Waals surface area contributed by atoms with Crippen LogP contribution in [0.25, 0.3) is 0 Å². The van der Waals surface area contributed by atoms with Gasteiger partial charge < -0.3 is 9.84 Å². The van der Waals surface area contributed by atoms with Gasteiger partial charge in [-0.15, -0.1) is 0 Å². The zero-order chi connectivity index (χ0) is 22.2. The minimum atomic E-state index is -0.766. The van der Waals surface area contributed by atoms with Crippen LogP contribution in [-0.2, 0) is 14.3 Å². The van der Waals surface area contributed by atoms with Crippen molar-refractivity contribution in [2.45, 2.75) is 136 Å². The van der Waals surface area contributed by atoms with Crippen molar-refractivity contribution in [2.24, 2.45) is 17.8 Å². The molecule has 0 aliphatic heterocycles. The molecule has 30 heavy (non-hydrogen) atoms. The van der Waals surface area contributed by atoms with Crippen LogP contribution in [0.2, 0.25) is 0 Å². The fourth-order valence-corrected chi connectivity index (χ4v) is 4.58. The Morgan fingerprint density at radius 3 is 1.93 bits per heavy atom. The van der Waals surface area contributed by atoms with Crippen LogP contribution in [0.1, 0.15) is 130 Å². The summed E-state index contributed by atoms with van der Waals surface area (Å²) in [5.74, 6) is -0.719. The molecule has 0 aromatic heterocycles. The zero-order valence-corrected chi connectivity index (χ0v) is 20.0. The minimum Gasteiger partial charge on any atom is -0.481 e. The SMILES string of the molecule is CCCCCCCC(CCCCCCCC(C)C)OC(=O)C1CCCC(C(=O)O)C1. The maximum Gasteiger partial charge on any atom is 0.309 e. The van der Waals surface area contributed by atoms with Gasteiger partial charge >= 0.3 is 11.9 Å². The fourth-order valence-electron chi connectivity index (χ4n) is 4.58. The number of hydrogen-bond acceptors (Lipinski definition) is 3. The lowest BCUT2D eigenvalue weighted by molar-refractivity contribution is -0.158. The molecule has 1 saturated carbocycles. The van der Waals surface area contributed by atoms with Crippen LogP contribution in [0.3, 0.4) is 0 Å². The highest BCUT2D eigenvalue weighted by Gasteiger charge is 2.32. The quantitative estimate of drug-likeness (QED) is 0.193. The van der Waals surface area contributed by atoms with Gasteiger partial charge in [-0.2, -0.15) is 0 Å². The van der Waals surface area contributed by atoms with Crippen molar-refractivity contribution in [3.63, 3.8) is 0 Å². The molecule has 3 atom stereocenters. The highest BCUT2D eigenvalue weighted by molar-refractivity contribution is 5.75. The molecular formula is C26H48O4. The zero-order valence-electron chi connectivity index (χ0n) is 20.0. The first-order valence-electron chi connectivity index (χ1n) is 12.9. The summed E-state index contributed by atoms with van der Waals surface area (Å²) in [6.07, 6.45) is 18.3. The minimum absolute atomic E-state index is 0.0139. The first-order valence-corrected chi connectivity index (χ1v) is 12.9. The molecule has 3 unspecified atom stereocenters. The van der Waals surface area contributed by atoms with Crippen molar-refractivity contribution in [3.05, 3.63) is 0 Å². The Morgan fingerprint density at radius 1 is 0.833 bits per heavy atom. The largest absolute Gasteiger partial charge is 0.481 e. The molecule has 1 aliphatic rings. The number of carbonyl (C=O) groups excluding carboxylic acids is 1. The standard InChI is InChI=1S/C26H48O4/c1-4-5-6-8-12-18-24(19-13-10-7-9-11-15-21(2)3)30-26(29)23-17-14-16-22(20-23)25(27)28/h21-24H,4-20H2,1-3H3,(H,27,28). The van der Waals surface area contributed by atoms with Crippen LogP contribution < -0.4 is 0 Å². The number of rotatable bonds is 17. The van der Waals surface area contributed by atoms with E-state index in [4.69, 9.17) is 4.74 Å². The van der Waals surface area contributed by atoms with Crippen LogP contribution in [0, 0.1) is 17.8 Å². The highest BCUT2D eigenvalue weighted by atomic mass is 16.5. The van der Waals surface area contributed by atoms with Crippen LogP contribution in [0.4, 0.5) is 0 Å². The molecule has 0 radical (unpaired) electrons. The third kappa shape index (κ3) is 12.6. The highest BCUT2D eigenvalue weighted by Crippen LogP contribution is 2.31. The number of aliphatic carboxylic acids is 1. The Morgan fingerprint density at radius 2 is 1.37 bits per heavy atom. The second-order valence-electron chi connectivity index (χ2n) is 9.90. The Kier molecular flexibility index (Phi) is 14.9. The Hall–Kier alpha value is -1.06. The lowest BCUT2D eigenvalue weighted by atomic mass is 9.81. The maximum atomic E-state index is 12.7. The summed E-state index contributed by atoms with van der Waals surface area (Å²) in [5, 5.41) is 9.29. The molecule has 0 saturated heterocycles. The van der Waals surface area contributed by atoms with Crippen LogP contribution in [0.15, 0.2) is 0 Å². The molecule has 0 aromatic rings. The van der Waals surface area contributed by atoms with Crippen molar-refractivity contribution in [2.75, 3.05) is 0 Å². The number of hydrogen-bond donors (Lipinski definition) is 1. The van der Waals surface area contributed by atoms with Crippen LogP contribution in [0.5, 0.6) is 0 Å². The van der Waals surface area contributed by atoms with Crippen molar-refractivity contribution >= 4 is 11.9 Å². The lowest BCUT2D eigenvalue weighted by Gasteiger charge is -2.27. The second-order valence-corrected chi connectivity index (χ2v) is 9.90. The number of carboxylic acids is 1. The fraction of sp³-hybridized carbons (Fsp3) is 0.923. The van der Waals surface area contributed by atoms with Gasteiger partial charge in [0.15, 0.2) is 0 Å². The maximum absolute atomic E-state index is 12.7. The molecular weight excluding hydrogens is 376 g/mol. The van der Waals surface area contributed by atoms with Crippen molar-refractivity contribution in [3.8, 4) is 0 Å². The lowest BCUT2D eigenvalue weighted by Crippen LogP contribution is -2.31. The second kappa shape index (κ2) is 16.6. The molecule has 1 rings (SSSR count). The average Bonchev–Trinajstić information content (AvgIpc) is 2.72. The van der Waals surface area contributed by atoms with E-state index in [9.17, 15) is 14.7 Å². The summed E-state index contributed by atoms with van der Waals surface area (Å²) in [6.45, 7) is 6.79. The molecule has 1 aliphatic carbocycles. The Bertz CT molecular complexity index is 460. The number of unbranched alkanes of at least 4 members (excludes halogenated alkanes) is 8. The topological polar surface area (TPSA) is 63.6 Å². The van der Waals surface area contributed by atoms with E-state index in [1.165, 1.54) is 57.8 Å². The van der Waals surface area contributed by atoms with Crippen molar-refractivity contribution < 1.29 is 19.4 Å². The van der Waals surface area contributed by atoms with E-state index in [-0.39, 0.29) is 23.9 Å². The molecule has 0 bridgehead atoms. The number of ether oxygens (including phenoxy) is 1. The van der Waals surface area contributed by atoms with Gasteiger partial charge in [-0.1, -0.05) is 85.0 Å². The predicted molar refractivity (Wildman–Crippen MR) is 123 cm³/mol. The third-order valence-electron chi connectivity index (χ3n) is 6.58. The molecule has 4 nitrogen and oxygen atoms in total. The summed E-state index contributed by atoms with van der Waals surface area (Å²) in [4.78, 5) is 24.0. The first kappa shape index (κ1) is 27.0. The molecule has 1 fully saturated rings. The Balaban J connectivity index is 2.39. The molecule has 0 aromatic carbocycles. The average molecular weight is 425 g/mol. The normalized spacial score (nSPS) is 20.3. The summed E-state index contributed by atoms with van der Waals surface area (Å²) in [5.41, 5.74) is 0. The summed E-state index contributed by atoms with van der Waals surface area (Å²) in [6, 6.07) is 0. The van der Waals surface area contributed by atoms with E-state index in [1.807, 2.05) is 0 Å². The summed E-state index contributed by atoms with van der Waals surface area (Å²) < 4.78 is 5.95. The Labute approximate surface area is 185 Å². The van der Waals surface area contributed by atoms with E-state index in [0.717, 1.165) is 44.4 Å². The summed E-state index contributed by atoms with van der Waals surface area (Å²) >= 11 is 0. The molecule has 1 N–H and O–H groups in total. The van der Waals surface area contributed by atoms with Crippen LogP contribution >= 0.6 is 0 Å². The first-order chi connectivity index (χ1) is 14.4. The molecule has 0 spiro atoms. The smallest absolute Gasteiger partial charge is 0.309 e. The van der Waals surface area contributed by atoms with Crippen LogP contribution in [-0.4, -0.2) is 23.1 Å². The van der Waals surface area contributed by atoms with Gasteiger partial charge in [0.2, 0.25) is 0 Å². The van der Waals surface area contributed by atoms with E-state index in [0.29, 0.717) is 12.8 Å². The van der Waals surface area contributed by atoms with E-state index in [1.54, 1.807) is 0 Å². The van der Waals surface area contributed by atoms with Gasteiger partial charge in [0, 0.05) is 0 Å². The predicted octanol–water partition coefficient (Wildman–Crippen LogP) is 7.54. The third-order valence-corrected chi connectivity index (χ3v) is 6.58. The monoisotopic (exact) mass is 424 g/mol. The van der Waals surface area contributed by atoms with Gasteiger partial charge in [0.25, 0.3) is 0 Å². The van der Waals surface area contributed by atoms with E-state index in [2.05, 4.69) is 20.8 Å². The molecule has 4 heteroatoms. The number of carboxylic acid groups (broad SMARTS) is 1. The van der Waals surface area contributed by atoms with Crippen molar-refractivity contribution in [1.29, 1.82) is 0 Å². The molecule has 0 heterocycles. The van der Waals surface area contributed by atoms with Gasteiger partial charge in [-0.25, -0.2) is 0 Å². The van der Waals surface area contributed by atoms with Gasteiger partial charge in [-0.05, 0) is 50.9 Å². The molecule has 176 valence electrons. The van der Waals surface area contributed by atoms with Gasteiger partial charge in [0.1, 0.15) is 6.10 Å². The van der Waals surface area contributed by atoms with Gasteiger partial charge in [-0.3, -0.25) is 9.59 Å². The number of esters is 1.